The van der Waals surface area contributed by atoms with E-state index >= 15 is 0 Å². The first kappa shape index (κ1) is 17.6. The van der Waals surface area contributed by atoms with Gasteiger partial charge in [-0.1, -0.05) is 0 Å². The largest absolute Gasteiger partial charge is 0.481 e. The zero-order valence-electron chi connectivity index (χ0n) is 14.6. The molecule has 27 heavy (non-hydrogen) atoms. The number of aromatic nitrogens is 2. The Hall–Kier alpha value is -2.77. The molecular formula is C19H19F2N3O3. The van der Waals surface area contributed by atoms with E-state index in [1.54, 1.807) is 0 Å². The molecule has 2 aliphatic rings. The topological polar surface area (TPSA) is 75.5 Å². The number of nitrogens with zero attached hydrogens (tertiary/aromatic N) is 3. The lowest BCUT2D eigenvalue weighted by Gasteiger charge is -2.40. The Balaban J connectivity index is 1.50. The number of aliphatic carboxylic acids is 1. The molecule has 1 aromatic heterocycles. The molecule has 0 unspecified atom stereocenters. The van der Waals surface area contributed by atoms with Gasteiger partial charge in [-0.15, -0.1) is 0 Å². The van der Waals surface area contributed by atoms with Crippen LogP contribution in [0.4, 0.5) is 14.5 Å². The summed E-state index contributed by atoms with van der Waals surface area (Å²) in [6.07, 6.45) is 5.21. The molecule has 4 rings (SSSR count). The van der Waals surface area contributed by atoms with Crippen LogP contribution >= 0.6 is 0 Å². The van der Waals surface area contributed by atoms with Crippen LogP contribution in [0.1, 0.15) is 19.3 Å². The van der Waals surface area contributed by atoms with Gasteiger partial charge in [0.1, 0.15) is 17.3 Å². The molecule has 1 aromatic carbocycles. The van der Waals surface area contributed by atoms with Crippen molar-refractivity contribution in [2.75, 3.05) is 24.6 Å². The van der Waals surface area contributed by atoms with Crippen LogP contribution < -0.4 is 9.64 Å². The molecule has 1 saturated heterocycles. The molecule has 1 aliphatic heterocycles. The summed E-state index contributed by atoms with van der Waals surface area (Å²) in [5, 5.41) is 8.78. The molecule has 0 atom stereocenters. The van der Waals surface area contributed by atoms with Crippen LogP contribution in [-0.4, -0.2) is 40.7 Å². The molecule has 2 heterocycles. The predicted molar refractivity (Wildman–Crippen MR) is 93.6 cm³/mol. The molecule has 2 aromatic rings. The van der Waals surface area contributed by atoms with E-state index in [1.807, 2.05) is 0 Å². The molecule has 0 amide bonds. The standard InChI is InChI=1S/C19H19F2N3O3/c20-14-4-13(16-6-22-7-17(23-16)27-10-11-1-2-11)5-15(21)19(14)24-8-12(9-24)3-18(25)26/h4-7,11-12H,1-3,8-10H2,(H,25,26). The highest BCUT2D eigenvalue weighted by molar-refractivity contribution is 5.68. The van der Waals surface area contributed by atoms with Crippen molar-refractivity contribution in [3.8, 4) is 17.1 Å². The maximum atomic E-state index is 14.5. The lowest BCUT2D eigenvalue weighted by molar-refractivity contribution is -0.138. The molecular weight excluding hydrogens is 356 g/mol. The summed E-state index contributed by atoms with van der Waals surface area (Å²) >= 11 is 0. The maximum Gasteiger partial charge on any atom is 0.303 e. The second-order valence-corrected chi connectivity index (χ2v) is 7.15. The zero-order valence-corrected chi connectivity index (χ0v) is 14.6. The number of halogens is 2. The van der Waals surface area contributed by atoms with Gasteiger partial charge in [0.2, 0.25) is 5.88 Å². The van der Waals surface area contributed by atoms with E-state index < -0.39 is 17.6 Å². The van der Waals surface area contributed by atoms with E-state index in [2.05, 4.69) is 9.97 Å². The molecule has 0 spiro atoms. The van der Waals surface area contributed by atoms with Crippen LogP contribution in [0.2, 0.25) is 0 Å². The number of hydrogen-bond acceptors (Lipinski definition) is 5. The van der Waals surface area contributed by atoms with Crippen LogP contribution in [-0.2, 0) is 4.79 Å². The Morgan fingerprint density at radius 3 is 2.52 bits per heavy atom. The third kappa shape index (κ3) is 3.99. The summed E-state index contributed by atoms with van der Waals surface area (Å²) < 4.78 is 34.7. The minimum Gasteiger partial charge on any atom is -0.481 e. The van der Waals surface area contributed by atoms with E-state index in [1.165, 1.54) is 29.4 Å². The molecule has 2 fully saturated rings. The quantitative estimate of drug-likeness (QED) is 0.801. The second kappa shape index (κ2) is 7.09. The summed E-state index contributed by atoms with van der Waals surface area (Å²) in [5.41, 5.74) is 0.482. The highest BCUT2D eigenvalue weighted by atomic mass is 19.1. The average molecular weight is 375 g/mol. The van der Waals surface area contributed by atoms with Crippen molar-refractivity contribution in [2.24, 2.45) is 11.8 Å². The Morgan fingerprint density at radius 1 is 1.19 bits per heavy atom. The van der Waals surface area contributed by atoms with Gasteiger partial charge in [0.15, 0.2) is 0 Å². The van der Waals surface area contributed by atoms with Crippen LogP contribution in [0.5, 0.6) is 5.88 Å². The fourth-order valence-electron chi connectivity index (χ4n) is 3.19. The number of anilines is 1. The third-order valence-corrected chi connectivity index (χ3v) is 4.83. The maximum absolute atomic E-state index is 14.5. The first-order valence-electron chi connectivity index (χ1n) is 8.90. The fraction of sp³-hybridized carbons (Fsp3) is 0.421. The first-order valence-corrected chi connectivity index (χ1v) is 8.90. The lowest BCUT2D eigenvalue weighted by atomic mass is 9.95. The van der Waals surface area contributed by atoms with Gasteiger partial charge in [-0.2, -0.15) is 0 Å². The van der Waals surface area contributed by atoms with Crippen molar-refractivity contribution in [3.63, 3.8) is 0 Å². The van der Waals surface area contributed by atoms with Crippen molar-refractivity contribution >= 4 is 11.7 Å². The Bertz CT molecular complexity index is 844. The van der Waals surface area contributed by atoms with Gasteiger partial charge >= 0.3 is 5.97 Å². The highest BCUT2D eigenvalue weighted by Gasteiger charge is 2.32. The normalized spacial score (nSPS) is 16.9. The Kier molecular flexibility index (Phi) is 4.63. The van der Waals surface area contributed by atoms with Crippen molar-refractivity contribution < 1.29 is 23.4 Å². The van der Waals surface area contributed by atoms with E-state index in [-0.39, 0.29) is 23.6 Å². The summed E-state index contributed by atoms with van der Waals surface area (Å²) in [5.74, 6) is -1.50. The molecule has 142 valence electrons. The number of benzene rings is 1. The monoisotopic (exact) mass is 375 g/mol. The first-order chi connectivity index (χ1) is 13.0. The molecule has 8 heteroatoms. The SMILES string of the molecule is O=C(O)CC1CN(c2c(F)cc(-c3cncc(OCC4CC4)n3)cc2F)C1. The zero-order chi connectivity index (χ0) is 19.0. The van der Waals surface area contributed by atoms with Gasteiger partial charge in [0.25, 0.3) is 0 Å². The summed E-state index contributed by atoms with van der Waals surface area (Å²) in [4.78, 5) is 20.5. The van der Waals surface area contributed by atoms with E-state index in [4.69, 9.17) is 9.84 Å². The second-order valence-electron chi connectivity index (χ2n) is 7.15. The minimum atomic E-state index is -0.904. The number of carboxylic acid groups (broad SMARTS) is 1. The highest BCUT2D eigenvalue weighted by Crippen LogP contribution is 2.34. The predicted octanol–water partition coefficient (Wildman–Crippen LogP) is 3.12. The number of ether oxygens (including phenoxy) is 1. The van der Waals surface area contributed by atoms with Gasteiger partial charge < -0.3 is 14.7 Å². The van der Waals surface area contributed by atoms with Gasteiger partial charge in [-0.05, 0) is 30.9 Å². The van der Waals surface area contributed by atoms with Crippen molar-refractivity contribution in [3.05, 3.63) is 36.2 Å². The van der Waals surface area contributed by atoms with Crippen LogP contribution in [0.3, 0.4) is 0 Å². The number of carboxylic acids is 1. The molecule has 1 saturated carbocycles. The third-order valence-electron chi connectivity index (χ3n) is 4.83. The van der Waals surface area contributed by atoms with Gasteiger partial charge in [0, 0.05) is 24.6 Å². The van der Waals surface area contributed by atoms with E-state index in [0.29, 0.717) is 37.2 Å². The van der Waals surface area contributed by atoms with Gasteiger partial charge in [-0.25, -0.2) is 13.8 Å². The number of carbonyl (C=O) groups is 1. The van der Waals surface area contributed by atoms with Gasteiger partial charge in [0.05, 0.1) is 31.1 Å². The molecule has 0 radical (unpaired) electrons. The van der Waals surface area contributed by atoms with Crippen LogP contribution in [0.25, 0.3) is 11.3 Å². The molecule has 6 nitrogen and oxygen atoms in total. The molecule has 0 bridgehead atoms. The Morgan fingerprint density at radius 2 is 1.89 bits per heavy atom. The summed E-state index contributed by atoms with van der Waals surface area (Å²) in [6.45, 7) is 1.22. The number of rotatable bonds is 7. The van der Waals surface area contributed by atoms with E-state index in [0.717, 1.165) is 12.8 Å². The van der Waals surface area contributed by atoms with Crippen LogP contribution in [0, 0.1) is 23.5 Å². The van der Waals surface area contributed by atoms with Crippen molar-refractivity contribution in [1.29, 1.82) is 0 Å². The molecule has 1 aliphatic carbocycles. The summed E-state index contributed by atoms with van der Waals surface area (Å²) in [6, 6.07) is 2.44. The van der Waals surface area contributed by atoms with Crippen LogP contribution in [0.15, 0.2) is 24.5 Å². The smallest absolute Gasteiger partial charge is 0.303 e. The van der Waals surface area contributed by atoms with Crippen molar-refractivity contribution in [2.45, 2.75) is 19.3 Å². The molecule has 1 N–H and O–H groups in total. The average Bonchev–Trinajstić information content (AvgIpc) is 3.41. The number of hydrogen-bond donors (Lipinski definition) is 1. The van der Waals surface area contributed by atoms with E-state index in [9.17, 15) is 13.6 Å². The lowest BCUT2D eigenvalue weighted by Crippen LogP contribution is -2.48. The van der Waals surface area contributed by atoms with Crippen molar-refractivity contribution in [1.82, 2.24) is 9.97 Å². The summed E-state index contributed by atoms with van der Waals surface area (Å²) in [7, 11) is 0. The Labute approximate surface area is 154 Å². The fourth-order valence-corrected chi connectivity index (χ4v) is 3.19. The minimum absolute atomic E-state index is 0.00105. The van der Waals surface area contributed by atoms with Gasteiger partial charge in [-0.3, -0.25) is 9.78 Å².